The first-order chi connectivity index (χ1) is 10.1. The molecule has 3 rings (SSSR count). The van der Waals surface area contributed by atoms with Crippen molar-refractivity contribution in [1.29, 1.82) is 0 Å². The second kappa shape index (κ2) is 5.54. The number of hydrogen-bond acceptors (Lipinski definition) is 4. The lowest BCUT2D eigenvalue weighted by atomic mass is 9.86. The Morgan fingerprint density at radius 2 is 2.14 bits per heavy atom. The van der Waals surface area contributed by atoms with E-state index < -0.39 is 0 Å². The molecule has 0 saturated carbocycles. The summed E-state index contributed by atoms with van der Waals surface area (Å²) in [4.78, 5) is 11.8. The number of aromatic nitrogens is 3. The first-order valence-electron chi connectivity index (χ1n) is 7.94. The quantitative estimate of drug-likeness (QED) is 0.942. The van der Waals surface area contributed by atoms with Crippen LogP contribution in [0.25, 0.3) is 5.65 Å². The fourth-order valence-electron chi connectivity index (χ4n) is 3.37. The highest BCUT2D eigenvalue weighted by Crippen LogP contribution is 2.32. The number of imidazole rings is 1. The summed E-state index contributed by atoms with van der Waals surface area (Å²) in [5.41, 5.74) is 0.949. The first kappa shape index (κ1) is 14.2. The third-order valence-electron chi connectivity index (χ3n) is 4.58. The first-order valence-corrected chi connectivity index (χ1v) is 7.94. The molecule has 3 atom stereocenters. The van der Waals surface area contributed by atoms with Crippen LogP contribution in [-0.4, -0.2) is 33.5 Å². The summed E-state index contributed by atoms with van der Waals surface area (Å²) in [6, 6.07) is 0.492. The molecule has 0 amide bonds. The van der Waals surface area contributed by atoms with Crippen molar-refractivity contribution in [1.82, 2.24) is 14.4 Å². The Balaban J connectivity index is 2.07. The topological polar surface area (TPSA) is 45.5 Å². The lowest BCUT2D eigenvalue weighted by Crippen LogP contribution is -2.46. The maximum Gasteiger partial charge on any atom is 0.180 e. The van der Waals surface area contributed by atoms with Crippen LogP contribution in [0.4, 0.5) is 11.6 Å². The van der Waals surface area contributed by atoms with Gasteiger partial charge in [0.1, 0.15) is 5.82 Å². The van der Waals surface area contributed by atoms with Crippen LogP contribution in [0.3, 0.4) is 0 Å². The van der Waals surface area contributed by atoms with Gasteiger partial charge in [-0.3, -0.25) is 0 Å². The zero-order valence-corrected chi connectivity index (χ0v) is 13.4. The van der Waals surface area contributed by atoms with Crippen molar-refractivity contribution >= 4 is 17.3 Å². The molecule has 5 heteroatoms. The zero-order chi connectivity index (χ0) is 15.0. The second-order valence-electron chi connectivity index (χ2n) is 6.35. The van der Waals surface area contributed by atoms with Crippen molar-refractivity contribution in [2.45, 2.75) is 40.2 Å². The number of anilines is 2. The van der Waals surface area contributed by atoms with Crippen LogP contribution in [0.2, 0.25) is 0 Å². The average Bonchev–Trinajstić information content (AvgIpc) is 2.90. The van der Waals surface area contributed by atoms with Crippen molar-refractivity contribution in [3.05, 3.63) is 18.6 Å². The summed E-state index contributed by atoms with van der Waals surface area (Å²) in [5.74, 6) is 3.28. The van der Waals surface area contributed by atoms with Crippen LogP contribution in [-0.2, 0) is 0 Å². The molecule has 0 radical (unpaired) electrons. The minimum absolute atomic E-state index is 0.492. The molecule has 0 aromatic carbocycles. The minimum atomic E-state index is 0.492. The van der Waals surface area contributed by atoms with Gasteiger partial charge in [0.05, 0.1) is 6.20 Å². The van der Waals surface area contributed by atoms with E-state index in [0.29, 0.717) is 17.9 Å². The molecule has 1 aliphatic rings. The molecule has 1 saturated heterocycles. The lowest BCUT2D eigenvalue weighted by molar-refractivity contribution is 0.296. The van der Waals surface area contributed by atoms with Gasteiger partial charge in [0.15, 0.2) is 11.5 Å². The number of nitrogens with one attached hydrogen (secondary N) is 1. The maximum absolute atomic E-state index is 4.84. The Hall–Kier alpha value is -1.78. The maximum atomic E-state index is 4.84. The number of rotatable bonds is 3. The van der Waals surface area contributed by atoms with Crippen LogP contribution in [0.1, 0.15) is 34.1 Å². The smallest absolute Gasteiger partial charge is 0.180 e. The van der Waals surface area contributed by atoms with Gasteiger partial charge >= 0.3 is 0 Å². The zero-order valence-electron chi connectivity index (χ0n) is 13.4. The predicted octanol–water partition coefficient (Wildman–Crippen LogP) is 3.03. The highest BCUT2D eigenvalue weighted by molar-refractivity contribution is 5.67. The molecular weight excluding hydrogens is 262 g/mol. The van der Waals surface area contributed by atoms with Crippen LogP contribution < -0.4 is 10.2 Å². The van der Waals surface area contributed by atoms with Crippen molar-refractivity contribution in [2.75, 3.05) is 23.3 Å². The van der Waals surface area contributed by atoms with Crippen molar-refractivity contribution < 1.29 is 0 Å². The number of hydrogen-bond donors (Lipinski definition) is 1. The van der Waals surface area contributed by atoms with Gasteiger partial charge in [-0.05, 0) is 32.1 Å². The standard InChI is InChI=1S/C16H25N5/c1-5-17-14-10-20-7-6-18-15(20)16(19-14)21-9-11(2)8-12(3)13(21)4/h6-7,10-13,17H,5,8-9H2,1-4H3. The fourth-order valence-corrected chi connectivity index (χ4v) is 3.37. The lowest BCUT2D eigenvalue weighted by Gasteiger charge is -2.41. The van der Waals surface area contributed by atoms with E-state index in [1.54, 1.807) is 0 Å². The van der Waals surface area contributed by atoms with Gasteiger partial charge in [-0.15, -0.1) is 0 Å². The van der Waals surface area contributed by atoms with E-state index in [9.17, 15) is 0 Å². The fraction of sp³-hybridized carbons (Fsp3) is 0.625. The molecule has 0 aliphatic carbocycles. The Kier molecular flexibility index (Phi) is 3.74. The van der Waals surface area contributed by atoms with Gasteiger partial charge in [-0.25, -0.2) is 9.97 Å². The molecule has 3 unspecified atom stereocenters. The van der Waals surface area contributed by atoms with Gasteiger partial charge in [0.2, 0.25) is 0 Å². The third-order valence-corrected chi connectivity index (χ3v) is 4.58. The summed E-state index contributed by atoms with van der Waals surface area (Å²) in [5, 5.41) is 3.32. The van der Waals surface area contributed by atoms with Crippen LogP contribution in [0.5, 0.6) is 0 Å². The van der Waals surface area contributed by atoms with Gasteiger partial charge < -0.3 is 14.6 Å². The normalized spacial score (nSPS) is 26.3. The molecule has 1 N–H and O–H groups in total. The van der Waals surface area contributed by atoms with E-state index in [1.807, 2.05) is 18.6 Å². The highest BCUT2D eigenvalue weighted by atomic mass is 15.3. The number of piperidine rings is 1. The van der Waals surface area contributed by atoms with Crippen LogP contribution >= 0.6 is 0 Å². The molecule has 1 aliphatic heterocycles. The van der Waals surface area contributed by atoms with Gasteiger partial charge in [0, 0.05) is 31.5 Å². The van der Waals surface area contributed by atoms with E-state index in [1.165, 1.54) is 6.42 Å². The second-order valence-corrected chi connectivity index (χ2v) is 6.35. The molecule has 2 aromatic rings. The van der Waals surface area contributed by atoms with E-state index in [0.717, 1.165) is 30.4 Å². The van der Waals surface area contributed by atoms with E-state index in [2.05, 4.69) is 47.3 Å². The van der Waals surface area contributed by atoms with Gasteiger partial charge in [-0.2, -0.15) is 0 Å². The number of fused-ring (bicyclic) bond motifs is 1. The molecule has 21 heavy (non-hydrogen) atoms. The molecule has 3 heterocycles. The van der Waals surface area contributed by atoms with Gasteiger partial charge in [0.25, 0.3) is 0 Å². The predicted molar refractivity (Wildman–Crippen MR) is 86.9 cm³/mol. The molecule has 5 nitrogen and oxygen atoms in total. The molecule has 114 valence electrons. The van der Waals surface area contributed by atoms with Crippen molar-refractivity contribution in [2.24, 2.45) is 11.8 Å². The Labute approximate surface area is 126 Å². The molecule has 0 spiro atoms. The molecular formula is C16H25N5. The average molecular weight is 287 g/mol. The third kappa shape index (κ3) is 2.57. The summed E-state index contributed by atoms with van der Waals surface area (Å²) in [6.45, 7) is 11.0. The number of nitrogens with zero attached hydrogens (tertiary/aromatic N) is 4. The summed E-state index contributed by atoms with van der Waals surface area (Å²) >= 11 is 0. The summed E-state index contributed by atoms with van der Waals surface area (Å²) in [6.07, 6.45) is 7.13. The highest BCUT2D eigenvalue weighted by Gasteiger charge is 2.31. The largest absolute Gasteiger partial charge is 0.369 e. The molecule has 2 aromatic heterocycles. The van der Waals surface area contributed by atoms with Gasteiger partial charge in [-0.1, -0.05) is 13.8 Å². The van der Waals surface area contributed by atoms with Crippen molar-refractivity contribution in [3.8, 4) is 0 Å². The summed E-state index contributed by atoms with van der Waals surface area (Å²) in [7, 11) is 0. The van der Waals surface area contributed by atoms with Crippen LogP contribution in [0.15, 0.2) is 18.6 Å². The summed E-state index contributed by atoms with van der Waals surface area (Å²) < 4.78 is 2.07. The Morgan fingerprint density at radius 1 is 1.33 bits per heavy atom. The van der Waals surface area contributed by atoms with E-state index in [-0.39, 0.29) is 0 Å². The van der Waals surface area contributed by atoms with Crippen LogP contribution in [0, 0.1) is 11.8 Å². The Morgan fingerprint density at radius 3 is 2.90 bits per heavy atom. The molecule has 1 fully saturated rings. The SMILES string of the molecule is CCNc1cn2ccnc2c(N2CC(C)CC(C)C2C)n1. The van der Waals surface area contributed by atoms with E-state index in [4.69, 9.17) is 4.98 Å². The minimum Gasteiger partial charge on any atom is -0.369 e. The van der Waals surface area contributed by atoms with Crippen molar-refractivity contribution in [3.63, 3.8) is 0 Å². The van der Waals surface area contributed by atoms with E-state index >= 15 is 0 Å². The Bertz CT molecular complexity index is 620. The molecule has 0 bridgehead atoms. The monoisotopic (exact) mass is 287 g/mol.